The van der Waals surface area contributed by atoms with Crippen molar-refractivity contribution < 1.29 is 5.11 Å². The van der Waals surface area contributed by atoms with E-state index in [0.717, 1.165) is 28.7 Å². The molecule has 0 atom stereocenters. The van der Waals surface area contributed by atoms with Crippen LogP contribution >= 0.6 is 0 Å². The van der Waals surface area contributed by atoms with Crippen molar-refractivity contribution in [2.24, 2.45) is 7.05 Å². The maximum atomic E-state index is 9.36. The van der Waals surface area contributed by atoms with Crippen LogP contribution in [0, 0.1) is 6.92 Å². The summed E-state index contributed by atoms with van der Waals surface area (Å²) in [5.41, 5.74) is 4.32. The zero-order valence-electron chi connectivity index (χ0n) is 11.2. The molecule has 2 aromatic heterocycles. The molecule has 0 aliphatic heterocycles. The summed E-state index contributed by atoms with van der Waals surface area (Å²) in [6.07, 6.45) is 2.06. The molecule has 0 radical (unpaired) electrons. The summed E-state index contributed by atoms with van der Waals surface area (Å²) in [5.74, 6) is 0. The molecule has 3 aromatic rings. The van der Waals surface area contributed by atoms with Crippen LogP contribution in [0.5, 0.6) is 0 Å². The van der Waals surface area contributed by atoms with Gasteiger partial charge in [0, 0.05) is 24.1 Å². The number of aryl methyl sites for hydroxylation is 2. The summed E-state index contributed by atoms with van der Waals surface area (Å²) < 4.78 is 4.10. The average molecular weight is 255 g/mol. The van der Waals surface area contributed by atoms with E-state index in [1.165, 1.54) is 5.69 Å². The zero-order valence-corrected chi connectivity index (χ0v) is 11.2. The molecule has 0 unspecified atom stereocenters. The summed E-state index contributed by atoms with van der Waals surface area (Å²) in [5, 5.41) is 14.8. The Kier molecular flexibility index (Phi) is 2.87. The molecule has 4 heteroatoms. The van der Waals surface area contributed by atoms with Gasteiger partial charge in [-0.15, -0.1) is 0 Å². The van der Waals surface area contributed by atoms with Crippen LogP contribution in [-0.2, 0) is 20.2 Å². The first kappa shape index (κ1) is 12.0. The molecule has 19 heavy (non-hydrogen) atoms. The number of hydrogen-bond donors (Lipinski definition) is 1. The number of hydrogen-bond acceptors (Lipinski definition) is 2. The van der Waals surface area contributed by atoms with Crippen LogP contribution in [-0.4, -0.2) is 19.5 Å². The Morgan fingerprint density at radius 2 is 2.11 bits per heavy atom. The van der Waals surface area contributed by atoms with Crippen LogP contribution in [0.15, 0.2) is 36.5 Å². The van der Waals surface area contributed by atoms with Crippen molar-refractivity contribution in [1.29, 1.82) is 0 Å². The summed E-state index contributed by atoms with van der Waals surface area (Å²) in [6, 6.07) is 10.2. The molecular formula is C15H17N3O. The Labute approximate surface area is 111 Å². The molecule has 0 saturated heterocycles. The quantitative estimate of drug-likeness (QED) is 0.780. The van der Waals surface area contributed by atoms with Gasteiger partial charge in [0.25, 0.3) is 0 Å². The lowest BCUT2D eigenvalue weighted by atomic mass is 10.1. The summed E-state index contributed by atoms with van der Waals surface area (Å²) in [7, 11) is 1.97. The number of nitrogens with zero attached hydrogens (tertiary/aromatic N) is 3. The fourth-order valence-corrected chi connectivity index (χ4v) is 2.55. The molecule has 0 bridgehead atoms. The summed E-state index contributed by atoms with van der Waals surface area (Å²) in [6.45, 7) is 2.86. The molecule has 0 saturated carbocycles. The minimum atomic E-state index is 0.0756. The Morgan fingerprint density at radius 3 is 2.79 bits per heavy atom. The van der Waals surface area contributed by atoms with E-state index in [9.17, 15) is 5.11 Å². The van der Waals surface area contributed by atoms with E-state index >= 15 is 0 Å². The number of fused-ring (bicyclic) bond motifs is 1. The van der Waals surface area contributed by atoms with Gasteiger partial charge in [-0.25, -0.2) is 0 Å². The third kappa shape index (κ3) is 2.04. The maximum absolute atomic E-state index is 9.36. The number of benzene rings is 1. The van der Waals surface area contributed by atoms with Crippen molar-refractivity contribution in [2.45, 2.75) is 20.1 Å². The fraction of sp³-hybridized carbons (Fsp3) is 0.267. The van der Waals surface area contributed by atoms with E-state index in [1.54, 1.807) is 0 Å². The zero-order chi connectivity index (χ0) is 13.4. The highest BCUT2D eigenvalue weighted by Gasteiger charge is 2.07. The van der Waals surface area contributed by atoms with Crippen LogP contribution in [0.3, 0.4) is 0 Å². The monoisotopic (exact) mass is 255 g/mol. The van der Waals surface area contributed by atoms with Crippen molar-refractivity contribution >= 4 is 10.9 Å². The normalized spacial score (nSPS) is 11.3. The lowest BCUT2D eigenvalue weighted by molar-refractivity contribution is 0.283. The van der Waals surface area contributed by atoms with E-state index in [4.69, 9.17) is 0 Å². The highest BCUT2D eigenvalue weighted by atomic mass is 16.3. The van der Waals surface area contributed by atoms with Gasteiger partial charge in [-0.1, -0.05) is 12.1 Å². The van der Waals surface area contributed by atoms with Crippen molar-refractivity contribution in [3.63, 3.8) is 0 Å². The highest BCUT2D eigenvalue weighted by Crippen LogP contribution is 2.21. The van der Waals surface area contributed by atoms with E-state index in [0.29, 0.717) is 0 Å². The minimum absolute atomic E-state index is 0.0756. The van der Waals surface area contributed by atoms with Crippen LogP contribution in [0.4, 0.5) is 0 Å². The maximum Gasteiger partial charge on any atom is 0.0688 e. The molecule has 2 heterocycles. The van der Waals surface area contributed by atoms with Gasteiger partial charge in [0.2, 0.25) is 0 Å². The third-order valence-corrected chi connectivity index (χ3v) is 3.51. The van der Waals surface area contributed by atoms with Crippen LogP contribution < -0.4 is 0 Å². The standard InChI is InChI=1S/C15H17N3O/c1-11-8-13(17(2)16-11)9-18-7-6-14-12(10-19)4-3-5-15(14)18/h3-8,19H,9-10H2,1-2H3. The number of aliphatic hydroxyl groups excluding tert-OH is 1. The van der Waals surface area contributed by atoms with Gasteiger partial charge >= 0.3 is 0 Å². The number of aromatic nitrogens is 3. The van der Waals surface area contributed by atoms with Crippen molar-refractivity contribution in [3.8, 4) is 0 Å². The molecule has 0 fully saturated rings. The van der Waals surface area contributed by atoms with Crippen LogP contribution in [0.2, 0.25) is 0 Å². The van der Waals surface area contributed by atoms with E-state index < -0.39 is 0 Å². The van der Waals surface area contributed by atoms with Gasteiger partial charge in [0.15, 0.2) is 0 Å². The van der Waals surface area contributed by atoms with Gasteiger partial charge in [-0.2, -0.15) is 5.10 Å². The molecule has 1 aromatic carbocycles. The van der Waals surface area contributed by atoms with Gasteiger partial charge in [-0.05, 0) is 30.7 Å². The molecule has 3 rings (SSSR count). The smallest absolute Gasteiger partial charge is 0.0688 e. The van der Waals surface area contributed by atoms with E-state index in [2.05, 4.69) is 34.1 Å². The lowest BCUT2D eigenvalue weighted by Gasteiger charge is -2.06. The lowest BCUT2D eigenvalue weighted by Crippen LogP contribution is -2.04. The third-order valence-electron chi connectivity index (χ3n) is 3.51. The first-order chi connectivity index (χ1) is 9.19. The second-order valence-corrected chi connectivity index (χ2v) is 4.85. The van der Waals surface area contributed by atoms with Crippen molar-refractivity contribution in [1.82, 2.24) is 14.3 Å². The second-order valence-electron chi connectivity index (χ2n) is 4.85. The first-order valence-corrected chi connectivity index (χ1v) is 6.36. The molecule has 1 N–H and O–H groups in total. The van der Waals surface area contributed by atoms with E-state index in [-0.39, 0.29) is 6.61 Å². The molecule has 0 aliphatic rings. The number of rotatable bonds is 3. The Balaban J connectivity index is 2.04. The Bertz CT molecular complexity index is 724. The molecule has 0 aliphatic carbocycles. The van der Waals surface area contributed by atoms with Gasteiger partial charge in [-0.3, -0.25) is 4.68 Å². The predicted molar refractivity (Wildman–Crippen MR) is 74.9 cm³/mol. The van der Waals surface area contributed by atoms with E-state index in [1.807, 2.05) is 30.8 Å². The second kappa shape index (κ2) is 4.55. The van der Waals surface area contributed by atoms with Gasteiger partial charge in [0.05, 0.1) is 24.5 Å². The fourth-order valence-electron chi connectivity index (χ4n) is 2.55. The van der Waals surface area contributed by atoms with Crippen molar-refractivity contribution in [2.75, 3.05) is 0 Å². The molecule has 0 spiro atoms. The Morgan fingerprint density at radius 1 is 1.26 bits per heavy atom. The van der Waals surface area contributed by atoms with Gasteiger partial charge in [0.1, 0.15) is 0 Å². The van der Waals surface area contributed by atoms with Crippen molar-refractivity contribution in [3.05, 3.63) is 53.5 Å². The molecular weight excluding hydrogens is 238 g/mol. The largest absolute Gasteiger partial charge is 0.392 e. The highest BCUT2D eigenvalue weighted by molar-refractivity contribution is 5.83. The average Bonchev–Trinajstić information content (AvgIpc) is 2.94. The van der Waals surface area contributed by atoms with Crippen LogP contribution in [0.1, 0.15) is 17.0 Å². The molecule has 4 nitrogen and oxygen atoms in total. The molecule has 98 valence electrons. The Hall–Kier alpha value is -2.07. The minimum Gasteiger partial charge on any atom is -0.392 e. The number of aliphatic hydroxyl groups is 1. The summed E-state index contributed by atoms with van der Waals surface area (Å²) in [4.78, 5) is 0. The van der Waals surface area contributed by atoms with Crippen LogP contribution in [0.25, 0.3) is 10.9 Å². The molecule has 0 amide bonds. The topological polar surface area (TPSA) is 43.0 Å². The predicted octanol–water partition coefficient (Wildman–Crippen LogP) is 2.22. The van der Waals surface area contributed by atoms with Gasteiger partial charge < -0.3 is 9.67 Å². The first-order valence-electron chi connectivity index (χ1n) is 6.36. The summed E-state index contributed by atoms with van der Waals surface area (Å²) >= 11 is 0. The SMILES string of the molecule is Cc1cc(Cn2ccc3c(CO)cccc32)n(C)n1.